The van der Waals surface area contributed by atoms with Crippen LogP contribution in [0.2, 0.25) is 0 Å². The summed E-state index contributed by atoms with van der Waals surface area (Å²) in [5, 5.41) is 13.8. The first-order valence-corrected chi connectivity index (χ1v) is 12.0. The summed E-state index contributed by atoms with van der Waals surface area (Å²) in [4.78, 5) is 17.0. The van der Waals surface area contributed by atoms with E-state index in [1.165, 1.54) is 42.6 Å². The third-order valence-corrected chi connectivity index (χ3v) is 7.55. The van der Waals surface area contributed by atoms with Crippen molar-refractivity contribution in [2.75, 3.05) is 18.9 Å². The Bertz CT molecular complexity index is 1300. The Morgan fingerprint density at radius 3 is 2.66 bits per heavy atom. The Morgan fingerprint density at radius 1 is 1.34 bits per heavy atom. The number of carbonyl (C=O) groups excluding carboxylic acids is 1. The highest BCUT2D eigenvalue weighted by Crippen LogP contribution is 2.30. The fourth-order valence-electron chi connectivity index (χ4n) is 3.25. The van der Waals surface area contributed by atoms with Crippen molar-refractivity contribution in [2.24, 2.45) is 0 Å². The molecular formula is C22H23N5O3S2. The number of hydrogen-bond donors (Lipinski definition) is 1. The molecule has 1 amide bonds. The molecule has 0 spiro atoms. The molecule has 0 unspecified atom stereocenters. The Morgan fingerprint density at radius 2 is 2.03 bits per heavy atom. The number of hydrogen-bond acceptors (Lipinski definition) is 6. The molecule has 0 atom stereocenters. The zero-order chi connectivity index (χ0) is 23.5. The molecule has 3 aromatic rings. The summed E-state index contributed by atoms with van der Waals surface area (Å²) >= 11 is 1.27. The van der Waals surface area contributed by atoms with Crippen molar-refractivity contribution in [3.05, 3.63) is 65.3 Å². The number of nitrogens with one attached hydrogen (secondary N) is 1. The predicted octanol–water partition coefficient (Wildman–Crippen LogP) is 3.55. The molecule has 2 heterocycles. The summed E-state index contributed by atoms with van der Waals surface area (Å²) < 4.78 is 28.4. The third-order valence-electron chi connectivity index (χ3n) is 4.97. The topological polar surface area (TPSA) is 108 Å². The predicted molar refractivity (Wildman–Crippen MR) is 125 cm³/mol. The summed E-state index contributed by atoms with van der Waals surface area (Å²) in [5.41, 5.74) is 4.22. The molecule has 1 N–H and O–H groups in total. The van der Waals surface area contributed by atoms with E-state index in [0.29, 0.717) is 17.2 Å². The highest BCUT2D eigenvalue weighted by atomic mass is 32.2. The van der Waals surface area contributed by atoms with Crippen LogP contribution in [-0.4, -0.2) is 41.8 Å². The van der Waals surface area contributed by atoms with Crippen LogP contribution in [0.5, 0.6) is 0 Å². The molecule has 10 heteroatoms. The van der Waals surface area contributed by atoms with E-state index in [-0.39, 0.29) is 11.4 Å². The number of aryl methyl sites for hydroxylation is 1. The van der Waals surface area contributed by atoms with Gasteiger partial charge in [0, 0.05) is 35.9 Å². The van der Waals surface area contributed by atoms with Crippen LogP contribution in [0.1, 0.15) is 17.0 Å². The largest absolute Gasteiger partial charge is 0.345 e. The number of sulfonamides is 1. The van der Waals surface area contributed by atoms with Crippen molar-refractivity contribution in [2.45, 2.75) is 25.3 Å². The van der Waals surface area contributed by atoms with Crippen molar-refractivity contribution < 1.29 is 13.2 Å². The molecule has 0 aliphatic carbocycles. The number of aromatic nitrogens is 2. The Kier molecular flexibility index (Phi) is 6.93. The van der Waals surface area contributed by atoms with Gasteiger partial charge in [-0.2, -0.15) is 9.57 Å². The molecule has 0 saturated carbocycles. The maximum absolute atomic E-state index is 12.7. The first-order chi connectivity index (χ1) is 15.2. The lowest BCUT2D eigenvalue weighted by Gasteiger charge is -2.16. The fourth-order valence-corrected chi connectivity index (χ4v) is 5.11. The number of anilines is 1. The van der Waals surface area contributed by atoms with Crippen LogP contribution in [0, 0.1) is 25.2 Å². The minimum atomic E-state index is -3.87. The molecule has 1 aromatic carbocycles. The van der Waals surface area contributed by atoms with Gasteiger partial charge in [0.25, 0.3) is 0 Å². The number of rotatable bonds is 8. The van der Waals surface area contributed by atoms with Crippen LogP contribution >= 0.6 is 11.3 Å². The number of likely N-dealkylation sites (N-methyl/N-ethyl adjacent to an activating group) is 1. The van der Waals surface area contributed by atoms with E-state index in [1.807, 2.05) is 37.4 Å². The Hall–Kier alpha value is -3.26. The van der Waals surface area contributed by atoms with Crippen LogP contribution in [0.3, 0.4) is 0 Å². The molecule has 3 rings (SSSR count). The molecule has 0 aliphatic heterocycles. The van der Waals surface area contributed by atoms with Crippen molar-refractivity contribution >= 4 is 32.4 Å². The van der Waals surface area contributed by atoms with Gasteiger partial charge >= 0.3 is 0 Å². The van der Waals surface area contributed by atoms with Crippen LogP contribution in [0.15, 0.2) is 53.3 Å². The quantitative estimate of drug-likeness (QED) is 0.508. The smallest absolute Gasteiger partial charge is 0.243 e. The van der Waals surface area contributed by atoms with Crippen molar-refractivity contribution in [1.82, 2.24) is 13.9 Å². The normalized spacial score (nSPS) is 11.3. The lowest BCUT2D eigenvalue weighted by atomic mass is 10.2. The lowest BCUT2D eigenvalue weighted by molar-refractivity contribution is -0.116. The van der Waals surface area contributed by atoms with Gasteiger partial charge < -0.3 is 9.88 Å². The summed E-state index contributed by atoms with van der Waals surface area (Å²) in [5.74, 6) is -0.497. The van der Waals surface area contributed by atoms with Crippen LogP contribution in [0.25, 0.3) is 11.3 Å². The average Bonchev–Trinajstić information content (AvgIpc) is 3.33. The molecule has 0 fully saturated rings. The molecular weight excluding hydrogens is 446 g/mol. The minimum absolute atomic E-state index is 0.0122. The number of benzene rings is 1. The molecule has 0 radical (unpaired) electrons. The van der Waals surface area contributed by atoms with Gasteiger partial charge in [-0.1, -0.05) is 6.08 Å². The molecule has 8 nitrogen and oxygen atoms in total. The summed E-state index contributed by atoms with van der Waals surface area (Å²) in [7, 11) is -2.54. The van der Waals surface area contributed by atoms with Gasteiger partial charge in [-0.3, -0.25) is 4.79 Å². The lowest BCUT2D eigenvalue weighted by Crippen LogP contribution is -2.34. The van der Waals surface area contributed by atoms with Gasteiger partial charge in [0.15, 0.2) is 5.13 Å². The van der Waals surface area contributed by atoms with Crippen molar-refractivity contribution in [1.29, 1.82) is 5.26 Å². The maximum Gasteiger partial charge on any atom is 0.243 e. The molecule has 32 heavy (non-hydrogen) atoms. The first-order valence-electron chi connectivity index (χ1n) is 9.67. The van der Waals surface area contributed by atoms with Gasteiger partial charge in [0.1, 0.15) is 0 Å². The molecule has 2 aromatic heterocycles. The zero-order valence-electron chi connectivity index (χ0n) is 18.0. The number of nitrogens with zero attached hydrogens (tertiary/aromatic N) is 4. The monoisotopic (exact) mass is 469 g/mol. The molecule has 0 aliphatic rings. The second-order valence-electron chi connectivity index (χ2n) is 7.17. The second kappa shape index (κ2) is 9.48. The van der Waals surface area contributed by atoms with E-state index >= 15 is 0 Å². The van der Waals surface area contributed by atoms with E-state index < -0.39 is 15.9 Å². The number of allylic oxidation sites excluding steroid dienone is 1. The highest BCUT2D eigenvalue weighted by molar-refractivity contribution is 7.89. The van der Waals surface area contributed by atoms with Gasteiger partial charge in [-0.15, -0.1) is 17.9 Å². The van der Waals surface area contributed by atoms with Crippen molar-refractivity contribution in [3.63, 3.8) is 0 Å². The van der Waals surface area contributed by atoms with E-state index in [4.69, 9.17) is 5.26 Å². The van der Waals surface area contributed by atoms with Gasteiger partial charge in [0.2, 0.25) is 15.9 Å². The molecule has 166 valence electrons. The first kappa shape index (κ1) is 23.4. The zero-order valence-corrected chi connectivity index (χ0v) is 19.6. The van der Waals surface area contributed by atoms with Crippen LogP contribution < -0.4 is 5.32 Å². The Labute approximate surface area is 191 Å². The van der Waals surface area contributed by atoms with Crippen LogP contribution in [0.4, 0.5) is 5.13 Å². The summed E-state index contributed by atoms with van der Waals surface area (Å²) in [6.45, 7) is 8.13. The maximum atomic E-state index is 12.7. The van der Waals surface area contributed by atoms with Crippen LogP contribution in [-0.2, 0) is 21.4 Å². The Balaban J connectivity index is 1.69. The fraction of sp³-hybridized carbons (Fsp3) is 0.227. The number of nitriles is 1. The number of amides is 1. The summed E-state index contributed by atoms with van der Waals surface area (Å²) in [6, 6.07) is 9.51. The second-order valence-corrected chi connectivity index (χ2v) is 10.1. The van der Waals surface area contributed by atoms with Gasteiger partial charge in [-0.05, 0) is 44.2 Å². The van der Waals surface area contributed by atoms with Crippen molar-refractivity contribution in [3.8, 4) is 17.3 Å². The number of carbonyl (C=O) groups is 1. The van der Waals surface area contributed by atoms with E-state index in [0.717, 1.165) is 27.0 Å². The average molecular weight is 470 g/mol. The SMILES string of the molecule is C=CCn1c(C)cc(-c2csc(NC(=O)CN(C)S(=O)(=O)c3ccc(C#N)cc3)n2)c1C. The van der Waals surface area contributed by atoms with E-state index in [1.54, 1.807) is 0 Å². The van der Waals surface area contributed by atoms with Gasteiger partial charge in [0.05, 0.1) is 28.8 Å². The molecule has 0 saturated heterocycles. The minimum Gasteiger partial charge on any atom is -0.345 e. The number of thiazole rings is 1. The summed E-state index contributed by atoms with van der Waals surface area (Å²) in [6.07, 6.45) is 1.83. The standard InChI is InChI=1S/C22H23N5O3S2/c1-5-10-27-15(2)11-19(16(27)3)20-14-31-22(24-20)25-21(28)13-26(4)32(29,30)18-8-6-17(12-23)7-9-18/h5-9,11,14H,1,10,13H2,2-4H3,(H,24,25,28). The highest BCUT2D eigenvalue weighted by Gasteiger charge is 2.23. The van der Waals surface area contributed by atoms with Gasteiger partial charge in [-0.25, -0.2) is 13.4 Å². The van der Waals surface area contributed by atoms with E-state index in [9.17, 15) is 13.2 Å². The third kappa shape index (κ3) is 4.80. The van der Waals surface area contributed by atoms with E-state index in [2.05, 4.69) is 21.4 Å². The molecule has 0 bridgehead atoms.